The lowest BCUT2D eigenvalue weighted by Gasteiger charge is -2.03. The summed E-state index contributed by atoms with van der Waals surface area (Å²) >= 11 is 0. The maximum Gasteiger partial charge on any atom is 0.351 e. The van der Waals surface area contributed by atoms with E-state index >= 15 is 0 Å². The largest absolute Gasteiger partial charge is 0.506 e. The van der Waals surface area contributed by atoms with Gasteiger partial charge in [-0.15, -0.1) is 0 Å². The molecule has 1 heterocycles. The van der Waals surface area contributed by atoms with Crippen LogP contribution < -0.4 is 10.9 Å². The van der Waals surface area contributed by atoms with Crippen molar-refractivity contribution < 1.29 is 14.3 Å². The van der Waals surface area contributed by atoms with Gasteiger partial charge in [-0.1, -0.05) is 30.3 Å². The molecule has 0 saturated carbocycles. The summed E-state index contributed by atoms with van der Waals surface area (Å²) in [5, 5.41) is 13.4. The molecule has 3 rings (SSSR count). The highest BCUT2D eigenvalue weighted by molar-refractivity contribution is 6.09. The van der Waals surface area contributed by atoms with E-state index in [4.69, 9.17) is 4.42 Å². The van der Waals surface area contributed by atoms with Gasteiger partial charge in [0.15, 0.2) is 5.78 Å². The molecule has 0 saturated heterocycles. The van der Waals surface area contributed by atoms with Gasteiger partial charge in [0.1, 0.15) is 16.9 Å². The number of carbonyl (C=O) groups is 1. The van der Waals surface area contributed by atoms with Gasteiger partial charge < -0.3 is 14.8 Å². The summed E-state index contributed by atoms with van der Waals surface area (Å²) in [5.74, 6) is -1.00. The molecular weight excluding hydrogens is 294 g/mol. The van der Waals surface area contributed by atoms with E-state index in [9.17, 15) is 14.7 Å². The third-order valence-electron chi connectivity index (χ3n) is 3.29. The lowest BCUT2D eigenvalue weighted by Crippen LogP contribution is -2.13. The molecule has 2 aromatic carbocycles. The first-order valence-corrected chi connectivity index (χ1v) is 6.94. The fourth-order valence-corrected chi connectivity index (χ4v) is 2.18. The molecule has 0 aliphatic carbocycles. The zero-order valence-electron chi connectivity index (χ0n) is 12.0. The average Bonchev–Trinajstić information content (AvgIpc) is 2.56. The second-order valence-electron chi connectivity index (χ2n) is 4.82. The number of para-hydroxylation sites is 2. The third kappa shape index (κ3) is 2.98. The molecule has 5 heteroatoms. The molecule has 0 aliphatic rings. The summed E-state index contributed by atoms with van der Waals surface area (Å²) in [6.45, 7) is 0. The Balaban J connectivity index is 1.90. The van der Waals surface area contributed by atoms with Crippen molar-refractivity contribution >= 4 is 22.4 Å². The Kier molecular flexibility index (Phi) is 3.93. The lowest BCUT2D eigenvalue weighted by atomic mass is 10.1. The summed E-state index contributed by atoms with van der Waals surface area (Å²) in [6.07, 6.45) is 2.58. The molecular formula is C18H13NO4. The number of nitrogens with one attached hydrogen (secondary N) is 1. The highest BCUT2D eigenvalue weighted by Gasteiger charge is 2.18. The molecule has 114 valence electrons. The lowest BCUT2D eigenvalue weighted by molar-refractivity contribution is 0.104. The van der Waals surface area contributed by atoms with E-state index < -0.39 is 11.4 Å². The zero-order chi connectivity index (χ0) is 16.2. The SMILES string of the molecule is O=C(/C=C/Nc1ccccc1)c1c(O)c2ccccc2oc1=O. The number of benzene rings is 2. The van der Waals surface area contributed by atoms with Gasteiger partial charge >= 0.3 is 5.63 Å². The predicted molar refractivity (Wildman–Crippen MR) is 87.7 cm³/mol. The molecule has 0 unspecified atom stereocenters. The number of fused-ring (bicyclic) bond motifs is 1. The number of ketones is 1. The van der Waals surface area contributed by atoms with Crippen molar-refractivity contribution in [2.45, 2.75) is 0 Å². The van der Waals surface area contributed by atoms with Crippen LogP contribution in [0.2, 0.25) is 0 Å². The fraction of sp³-hybridized carbons (Fsp3) is 0. The van der Waals surface area contributed by atoms with Gasteiger partial charge in [-0.3, -0.25) is 4.79 Å². The van der Waals surface area contributed by atoms with Crippen molar-refractivity contribution in [2.24, 2.45) is 0 Å². The average molecular weight is 307 g/mol. The number of carbonyl (C=O) groups excluding carboxylic acids is 1. The first-order valence-electron chi connectivity index (χ1n) is 6.94. The quantitative estimate of drug-likeness (QED) is 0.439. The summed E-state index contributed by atoms with van der Waals surface area (Å²) in [5.41, 5.74) is -0.213. The standard InChI is InChI=1S/C18H13NO4/c20-14(10-11-19-12-6-2-1-3-7-12)16-17(21)13-8-4-5-9-15(13)23-18(16)22/h1-11,19,21H/b11-10+. The molecule has 0 aliphatic heterocycles. The van der Waals surface area contributed by atoms with Gasteiger partial charge in [-0.25, -0.2) is 4.79 Å². The van der Waals surface area contributed by atoms with E-state index in [2.05, 4.69) is 5.32 Å². The van der Waals surface area contributed by atoms with E-state index in [-0.39, 0.29) is 16.9 Å². The maximum absolute atomic E-state index is 12.2. The highest BCUT2D eigenvalue weighted by atomic mass is 16.4. The number of aromatic hydroxyl groups is 1. The van der Waals surface area contributed by atoms with Crippen LogP contribution in [0.5, 0.6) is 5.75 Å². The second kappa shape index (κ2) is 6.19. The number of allylic oxidation sites excluding steroid dienone is 1. The smallest absolute Gasteiger partial charge is 0.351 e. The molecule has 23 heavy (non-hydrogen) atoms. The summed E-state index contributed by atoms with van der Waals surface area (Å²) in [7, 11) is 0. The molecule has 0 amide bonds. The highest BCUT2D eigenvalue weighted by Crippen LogP contribution is 2.26. The minimum atomic E-state index is -0.865. The van der Waals surface area contributed by atoms with E-state index in [1.165, 1.54) is 12.3 Å². The van der Waals surface area contributed by atoms with Crippen molar-refractivity contribution in [1.82, 2.24) is 0 Å². The molecule has 0 spiro atoms. The number of anilines is 1. The van der Waals surface area contributed by atoms with Crippen LogP contribution in [0.15, 0.2) is 76.1 Å². The van der Waals surface area contributed by atoms with E-state index in [1.54, 1.807) is 24.3 Å². The van der Waals surface area contributed by atoms with Gasteiger partial charge in [-0.05, 0) is 24.3 Å². The van der Waals surface area contributed by atoms with Gasteiger partial charge in [0.25, 0.3) is 0 Å². The first-order chi connectivity index (χ1) is 11.2. The Hall–Kier alpha value is -3.34. The molecule has 0 radical (unpaired) electrons. The van der Waals surface area contributed by atoms with Gasteiger partial charge in [0.2, 0.25) is 0 Å². The van der Waals surface area contributed by atoms with Crippen LogP contribution in [0.1, 0.15) is 10.4 Å². The zero-order valence-corrected chi connectivity index (χ0v) is 12.0. The number of rotatable bonds is 4. The Bertz CT molecular complexity index is 942. The Morgan fingerprint density at radius 3 is 2.52 bits per heavy atom. The van der Waals surface area contributed by atoms with E-state index in [0.29, 0.717) is 5.39 Å². The van der Waals surface area contributed by atoms with Gasteiger partial charge in [-0.2, -0.15) is 0 Å². The van der Waals surface area contributed by atoms with Crippen molar-refractivity contribution in [3.05, 3.63) is 82.9 Å². The van der Waals surface area contributed by atoms with Crippen LogP contribution in [0.3, 0.4) is 0 Å². The maximum atomic E-state index is 12.2. The predicted octanol–water partition coefficient (Wildman–Crippen LogP) is 3.31. The Labute approximate surface area is 131 Å². The van der Waals surface area contributed by atoms with Gasteiger partial charge in [0.05, 0.1) is 5.39 Å². The van der Waals surface area contributed by atoms with Crippen LogP contribution in [-0.4, -0.2) is 10.9 Å². The van der Waals surface area contributed by atoms with Crippen LogP contribution in [0.4, 0.5) is 5.69 Å². The normalized spacial score (nSPS) is 11.0. The third-order valence-corrected chi connectivity index (χ3v) is 3.29. The molecule has 2 N–H and O–H groups in total. The Morgan fingerprint density at radius 1 is 1.04 bits per heavy atom. The fourth-order valence-electron chi connectivity index (χ4n) is 2.18. The minimum absolute atomic E-state index is 0.234. The van der Waals surface area contributed by atoms with Crippen LogP contribution in [-0.2, 0) is 0 Å². The molecule has 3 aromatic rings. The Morgan fingerprint density at radius 2 is 1.74 bits per heavy atom. The van der Waals surface area contributed by atoms with E-state index in [1.807, 2.05) is 30.3 Å². The summed E-state index contributed by atoms with van der Waals surface area (Å²) < 4.78 is 5.07. The molecule has 0 atom stereocenters. The van der Waals surface area contributed by atoms with Crippen LogP contribution in [0, 0.1) is 0 Å². The number of hydrogen-bond donors (Lipinski definition) is 2. The van der Waals surface area contributed by atoms with E-state index in [0.717, 1.165) is 5.69 Å². The van der Waals surface area contributed by atoms with Crippen molar-refractivity contribution in [3.63, 3.8) is 0 Å². The molecule has 1 aromatic heterocycles. The second-order valence-corrected chi connectivity index (χ2v) is 4.82. The van der Waals surface area contributed by atoms with Crippen molar-refractivity contribution in [2.75, 3.05) is 5.32 Å². The molecule has 5 nitrogen and oxygen atoms in total. The topological polar surface area (TPSA) is 79.5 Å². The van der Waals surface area contributed by atoms with Crippen molar-refractivity contribution in [1.29, 1.82) is 0 Å². The summed E-state index contributed by atoms with van der Waals surface area (Å²) in [4.78, 5) is 24.1. The minimum Gasteiger partial charge on any atom is -0.506 e. The molecule has 0 fully saturated rings. The van der Waals surface area contributed by atoms with Crippen LogP contribution >= 0.6 is 0 Å². The first kappa shape index (κ1) is 14.6. The number of hydrogen-bond acceptors (Lipinski definition) is 5. The van der Waals surface area contributed by atoms with Crippen LogP contribution in [0.25, 0.3) is 11.0 Å². The monoisotopic (exact) mass is 307 g/mol. The summed E-state index contributed by atoms with van der Waals surface area (Å²) in [6, 6.07) is 15.7. The van der Waals surface area contributed by atoms with Gasteiger partial charge in [0, 0.05) is 18.0 Å². The molecule has 0 bridgehead atoms. The van der Waals surface area contributed by atoms with Crippen molar-refractivity contribution in [3.8, 4) is 5.75 Å².